The van der Waals surface area contributed by atoms with Crippen LogP contribution in [0.5, 0.6) is 0 Å². The summed E-state index contributed by atoms with van der Waals surface area (Å²) in [5, 5.41) is 4.17. The van der Waals surface area contributed by atoms with Gasteiger partial charge in [-0.25, -0.2) is 5.10 Å². The van der Waals surface area contributed by atoms with Crippen molar-refractivity contribution in [1.82, 2.24) is 9.78 Å². The van der Waals surface area contributed by atoms with E-state index in [0.717, 1.165) is 5.69 Å². The molecule has 0 aliphatic heterocycles. The Bertz CT molecular complexity index is 193. The standard InChI is InChI=1S/C7H11N2.Y/c1-6(2)7-4-5-9(3)8-7;/h5-6H,1-3H3;/q-1;. The molecule has 0 bridgehead atoms. The topological polar surface area (TPSA) is 17.8 Å². The molecule has 1 heterocycles. The molecule has 0 aliphatic carbocycles. The maximum absolute atomic E-state index is 4.17. The molecule has 0 amide bonds. The summed E-state index contributed by atoms with van der Waals surface area (Å²) in [5.41, 5.74) is 1.04. The predicted molar refractivity (Wildman–Crippen MR) is 36.1 cm³/mol. The summed E-state index contributed by atoms with van der Waals surface area (Å²) in [6.45, 7) is 4.22. The second-order valence-corrected chi connectivity index (χ2v) is 2.49. The minimum Gasteiger partial charge on any atom is -0.429 e. The van der Waals surface area contributed by atoms with Crippen LogP contribution in [0.4, 0.5) is 0 Å². The molecule has 0 spiro atoms. The fourth-order valence-electron chi connectivity index (χ4n) is 0.669. The van der Waals surface area contributed by atoms with Gasteiger partial charge in [0.1, 0.15) is 0 Å². The monoisotopic (exact) mass is 212 g/mol. The van der Waals surface area contributed by atoms with Crippen LogP contribution in [-0.4, -0.2) is 9.78 Å². The molecule has 10 heavy (non-hydrogen) atoms. The van der Waals surface area contributed by atoms with Crippen LogP contribution in [0.2, 0.25) is 0 Å². The SMILES string of the molecule is CC(C)c1[c-]cn(C)n1.[Y]. The van der Waals surface area contributed by atoms with Gasteiger partial charge in [0.05, 0.1) is 0 Å². The molecule has 0 saturated heterocycles. The molecule has 0 aromatic carbocycles. The van der Waals surface area contributed by atoms with Gasteiger partial charge in [0.25, 0.3) is 0 Å². The van der Waals surface area contributed by atoms with Crippen molar-refractivity contribution in [2.75, 3.05) is 0 Å². The maximum atomic E-state index is 4.17. The van der Waals surface area contributed by atoms with Crippen LogP contribution in [0.25, 0.3) is 0 Å². The third-order valence-corrected chi connectivity index (χ3v) is 1.21. The molecule has 1 rings (SSSR count). The minimum atomic E-state index is 0. The Labute approximate surface area is 86.9 Å². The molecule has 1 aromatic heterocycles. The van der Waals surface area contributed by atoms with E-state index in [4.69, 9.17) is 0 Å². The first-order valence-corrected chi connectivity index (χ1v) is 3.11. The summed E-state index contributed by atoms with van der Waals surface area (Å²) in [5.74, 6) is 0.492. The van der Waals surface area contributed by atoms with Gasteiger partial charge in [-0.1, -0.05) is 13.8 Å². The van der Waals surface area contributed by atoms with Crippen molar-refractivity contribution in [2.45, 2.75) is 19.8 Å². The van der Waals surface area contributed by atoms with Crippen molar-refractivity contribution in [1.29, 1.82) is 0 Å². The van der Waals surface area contributed by atoms with Crippen LogP contribution in [0.1, 0.15) is 25.5 Å². The van der Waals surface area contributed by atoms with E-state index in [1.165, 1.54) is 0 Å². The van der Waals surface area contributed by atoms with Crippen LogP contribution in [0, 0.1) is 6.07 Å². The quantitative estimate of drug-likeness (QED) is 0.642. The number of aromatic nitrogens is 2. The van der Waals surface area contributed by atoms with E-state index in [9.17, 15) is 0 Å². The molecule has 2 nitrogen and oxygen atoms in total. The number of rotatable bonds is 1. The zero-order valence-electron chi connectivity index (χ0n) is 6.63. The van der Waals surface area contributed by atoms with E-state index < -0.39 is 0 Å². The second-order valence-electron chi connectivity index (χ2n) is 2.49. The first-order chi connectivity index (χ1) is 4.20. The van der Waals surface area contributed by atoms with Gasteiger partial charge in [-0.3, -0.25) is 0 Å². The molecular formula is C7H11N2Y-. The Hall–Kier alpha value is 0.314. The summed E-state index contributed by atoms with van der Waals surface area (Å²) in [4.78, 5) is 0. The fraction of sp³-hybridized carbons (Fsp3) is 0.571. The molecule has 0 saturated carbocycles. The molecule has 0 aliphatic rings. The number of aryl methyl sites for hydroxylation is 1. The zero-order valence-corrected chi connectivity index (χ0v) is 9.46. The average Bonchev–Trinajstić information content (AvgIpc) is 2.14. The Morgan fingerprint density at radius 2 is 2.20 bits per heavy atom. The maximum Gasteiger partial charge on any atom is 0.0262 e. The van der Waals surface area contributed by atoms with Crippen molar-refractivity contribution in [3.63, 3.8) is 0 Å². The molecular weight excluding hydrogens is 201 g/mol. The Kier molecular flexibility index (Phi) is 4.38. The molecule has 3 heteroatoms. The summed E-state index contributed by atoms with van der Waals surface area (Å²) in [6, 6.07) is 3.06. The first-order valence-electron chi connectivity index (χ1n) is 3.11. The van der Waals surface area contributed by atoms with E-state index in [1.807, 2.05) is 13.2 Å². The van der Waals surface area contributed by atoms with Gasteiger partial charge in [-0.15, -0.1) is 5.69 Å². The van der Waals surface area contributed by atoms with Crippen molar-refractivity contribution in [3.05, 3.63) is 18.0 Å². The zero-order chi connectivity index (χ0) is 6.85. The predicted octanol–water partition coefficient (Wildman–Crippen LogP) is 1.34. The van der Waals surface area contributed by atoms with E-state index in [1.54, 1.807) is 4.68 Å². The molecule has 1 radical (unpaired) electrons. The molecule has 1 aromatic rings. The largest absolute Gasteiger partial charge is 0.429 e. The third-order valence-electron chi connectivity index (χ3n) is 1.21. The van der Waals surface area contributed by atoms with Crippen LogP contribution in [0.15, 0.2) is 6.20 Å². The average molecular weight is 212 g/mol. The number of hydrogen-bond acceptors (Lipinski definition) is 1. The van der Waals surface area contributed by atoms with Gasteiger partial charge < -0.3 is 10.7 Å². The minimum absolute atomic E-state index is 0. The number of nitrogens with zero attached hydrogens (tertiary/aromatic N) is 2. The Morgan fingerprint density at radius 3 is 2.40 bits per heavy atom. The van der Waals surface area contributed by atoms with Gasteiger partial charge in [-0.05, 0) is 5.92 Å². The van der Waals surface area contributed by atoms with Gasteiger partial charge in [0.2, 0.25) is 0 Å². The van der Waals surface area contributed by atoms with Crippen LogP contribution in [-0.2, 0) is 39.8 Å². The molecule has 0 N–H and O–H groups in total. The molecule has 0 unspecified atom stereocenters. The van der Waals surface area contributed by atoms with Crippen molar-refractivity contribution >= 4 is 0 Å². The molecule has 0 atom stereocenters. The van der Waals surface area contributed by atoms with Gasteiger partial charge in [0, 0.05) is 39.8 Å². The summed E-state index contributed by atoms with van der Waals surface area (Å²) >= 11 is 0. The van der Waals surface area contributed by atoms with Crippen LogP contribution < -0.4 is 0 Å². The van der Waals surface area contributed by atoms with E-state index >= 15 is 0 Å². The number of hydrogen-bond donors (Lipinski definition) is 0. The molecule has 0 fully saturated rings. The van der Waals surface area contributed by atoms with Crippen LogP contribution >= 0.6 is 0 Å². The second kappa shape index (κ2) is 4.25. The van der Waals surface area contributed by atoms with Crippen molar-refractivity contribution < 1.29 is 32.7 Å². The van der Waals surface area contributed by atoms with E-state index in [-0.39, 0.29) is 32.7 Å². The van der Waals surface area contributed by atoms with Crippen LogP contribution in [0.3, 0.4) is 0 Å². The van der Waals surface area contributed by atoms with Gasteiger partial charge >= 0.3 is 0 Å². The summed E-state index contributed by atoms with van der Waals surface area (Å²) in [7, 11) is 1.91. The summed E-state index contributed by atoms with van der Waals surface area (Å²) < 4.78 is 1.77. The van der Waals surface area contributed by atoms with E-state index in [0.29, 0.717) is 5.92 Å². The third kappa shape index (κ3) is 2.51. The van der Waals surface area contributed by atoms with Crippen molar-refractivity contribution in [3.8, 4) is 0 Å². The Morgan fingerprint density at radius 1 is 1.60 bits per heavy atom. The molecule has 53 valence electrons. The normalized spacial score (nSPS) is 9.60. The summed E-state index contributed by atoms with van der Waals surface area (Å²) in [6.07, 6.45) is 1.84. The van der Waals surface area contributed by atoms with Gasteiger partial charge in [-0.2, -0.15) is 6.20 Å². The fourth-order valence-corrected chi connectivity index (χ4v) is 0.669. The Balaban J connectivity index is 0.000000810. The smallest absolute Gasteiger partial charge is 0.0262 e. The first kappa shape index (κ1) is 10.3. The van der Waals surface area contributed by atoms with Gasteiger partial charge in [0.15, 0.2) is 0 Å². The van der Waals surface area contributed by atoms with E-state index in [2.05, 4.69) is 25.0 Å². The van der Waals surface area contributed by atoms with Crippen molar-refractivity contribution in [2.24, 2.45) is 7.05 Å².